The second-order valence-corrected chi connectivity index (χ2v) is 5.79. The van der Waals surface area contributed by atoms with Crippen molar-refractivity contribution >= 4 is 31.8 Å². The van der Waals surface area contributed by atoms with Crippen LogP contribution in [0.1, 0.15) is 0 Å². The van der Waals surface area contributed by atoms with Crippen molar-refractivity contribution in [3.05, 3.63) is 46.8 Å². The second-order valence-electron chi connectivity index (χ2n) is 4.36. The van der Waals surface area contributed by atoms with Crippen LogP contribution in [0.25, 0.3) is 21.7 Å². The lowest BCUT2D eigenvalue weighted by molar-refractivity contribution is 0.480. The summed E-state index contributed by atoms with van der Waals surface area (Å²) in [6.45, 7) is 0. The molecule has 20 heavy (non-hydrogen) atoms. The highest BCUT2D eigenvalue weighted by Gasteiger charge is 2.12. The van der Waals surface area contributed by atoms with Crippen LogP contribution in [-0.2, 0) is 10.1 Å². The molecule has 6 nitrogen and oxygen atoms in total. The van der Waals surface area contributed by atoms with Gasteiger partial charge in [0.15, 0.2) is 0 Å². The smallest absolute Gasteiger partial charge is 0.294 e. The molecule has 3 rings (SSSR count). The van der Waals surface area contributed by atoms with Gasteiger partial charge in [-0.05, 0) is 23.6 Å². The molecule has 0 aliphatic carbocycles. The van der Waals surface area contributed by atoms with Crippen LogP contribution in [0, 0.1) is 0 Å². The van der Waals surface area contributed by atoms with Gasteiger partial charge < -0.3 is 10.1 Å². The Kier molecular flexibility index (Phi) is 2.56. The van der Waals surface area contributed by atoms with Gasteiger partial charge in [-0.25, -0.2) is 0 Å². The van der Waals surface area contributed by atoms with E-state index in [1.54, 1.807) is 12.1 Å². The van der Waals surface area contributed by atoms with Crippen molar-refractivity contribution in [2.45, 2.75) is 4.90 Å². The zero-order valence-corrected chi connectivity index (χ0v) is 10.8. The summed E-state index contributed by atoms with van der Waals surface area (Å²) in [4.78, 5) is 13.7. The lowest BCUT2D eigenvalue weighted by atomic mass is 10.1. The van der Waals surface area contributed by atoms with E-state index in [0.717, 1.165) is 6.07 Å². The summed E-state index contributed by atoms with van der Waals surface area (Å²) in [7, 11) is -4.34. The molecule has 0 saturated carbocycles. The summed E-state index contributed by atoms with van der Waals surface area (Å²) < 4.78 is 31.4. The van der Waals surface area contributed by atoms with Gasteiger partial charge in [-0.3, -0.25) is 9.35 Å². The summed E-state index contributed by atoms with van der Waals surface area (Å²) in [6.07, 6.45) is 0. The topological polar surface area (TPSA) is 107 Å². The van der Waals surface area contributed by atoms with Gasteiger partial charge in [-0.1, -0.05) is 12.1 Å². The monoisotopic (exact) mass is 291 g/mol. The predicted octanol–water partition coefficient (Wildman–Crippen LogP) is 1.63. The number of H-pyrrole nitrogens is 1. The molecule has 102 valence electrons. The Labute approximate surface area is 113 Å². The van der Waals surface area contributed by atoms with Gasteiger partial charge in [0.1, 0.15) is 5.75 Å². The normalized spacial score (nSPS) is 12.1. The summed E-state index contributed by atoms with van der Waals surface area (Å²) in [5.41, 5.74) is -0.183. The fourth-order valence-corrected chi connectivity index (χ4v) is 2.68. The summed E-state index contributed by atoms with van der Waals surface area (Å²) >= 11 is 0. The Balaban J connectivity index is 2.54. The first-order valence-corrected chi connectivity index (χ1v) is 7.06. The van der Waals surface area contributed by atoms with E-state index in [4.69, 9.17) is 4.55 Å². The van der Waals surface area contributed by atoms with Gasteiger partial charge in [0.25, 0.3) is 15.7 Å². The Morgan fingerprint density at radius 1 is 1.00 bits per heavy atom. The zero-order chi connectivity index (χ0) is 14.5. The van der Waals surface area contributed by atoms with Gasteiger partial charge >= 0.3 is 0 Å². The Bertz CT molecular complexity index is 1000. The molecule has 0 aliphatic heterocycles. The summed E-state index contributed by atoms with van der Waals surface area (Å²) in [5, 5.41) is 11.2. The molecule has 1 aromatic heterocycles. The maximum Gasteiger partial charge on any atom is 0.294 e. The van der Waals surface area contributed by atoms with Crippen molar-refractivity contribution in [2.24, 2.45) is 0 Å². The fraction of sp³-hybridized carbons (Fsp3) is 0. The Morgan fingerprint density at radius 3 is 2.40 bits per heavy atom. The van der Waals surface area contributed by atoms with Crippen molar-refractivity contribution in [3.8, 4) is 5.75 Å². The molecule has 0 fully saturated rings. The van der Waals surface area contributed by atoms with E-state index in [0.29, 0.717) is 21.7 Å². The first kappa shape index (κ1) is 12.6. The molecule has 1 heterocycles. The van der Waals surface area contributed by atoms with Gasteiger partial charge in [-0.2, -0.15) is 8.42 Å². The molecular weight excluding hydrogens is 282 g/mol. The van der Waals surface area contributed by atoms with Crippen LogP contribution >= 0.6 is 0 Å². The van der Waals surface area contributed by atoms with Crippen LogP contribution in [0.2, 0.25) is 0 Å². The molecule has 7 heteroatoms. The molecular formula is C13H9NO5S. The maximum atomic E-state index is 11.4. The number of hydrogen-bond acceptors (Lipinski definition) is 4. The summed E-state index contributed by atoms with van der Waals surface area (Å²) in [6, 6.07) is 8.38. The highest BCUT2D eigenvalue weighted by molar-refractivity contribution is 7.85. The van der Waals surface area contributed by atoms with Gasteiger partial charge in [0.2, 0.25) is 0 Å². The van der Waals surface area contributed by atoms with Crippen LogP contribution in [-0.4, -0.2) is 23.1 Å². The minimum atomic E-state index is -4.34. The SMILES string of the molecule is O=c1cc(O)c2ccc3ccc(S(=O)(=O)O)cc3c2[nH]1. The van der Waals surface area contributed by atoms with Crippen LogP contribution in [0.15, 0.2) is 46.1 Å². The number of aromatic hydroxyl groups is 1. The molecule has 0 bridgehead atoms. The Hall–Kier alpha value is -2.38. The second kappa shape index (κ2) is 4.06. The highest BCUT2D eigenvalue weighted by Crippen LogP contribution is 2.29. The number of pyridine rings is 1. The zero-order valence-electron chi connectivity index (χ0n) is 9.99. The third-order valence-corrected chi connectivity index (χ3v) is 3.93. The van der Waals surface area contributed by atoms with E-state index in [1.807, 2.05) is 0 Å². The quantitative estimate of drug-likeness (QED) is 0.466. The van der Waals surface area contributed by atoms with E-state index < -0.39 is 15.7 Å². The fourth-order valence-electron chi connectivity index (χ4n) is 2.17. The van der Waals surface area contributed by atoms with E-state index in [-0.39, 0.29) is 10.6 Å². The molecule has 0 unspecified atom stereocenters. The lowest BCUT2D eigenvalue weighted by Gasteiger charge is -2.06. The van der Waals surface area contributed by atoms with E-state index in [1.165, 1.54) is 18.2 Å². The molecule has 0 atom stereocenters. The van der Waals surface area contributed by atoms with Crippen molar-refractivity contribution in [2.75, 3.05) is 0 Å². The first-order chi connectivity index (χ1) is 9.36. The van der Waals surface area contributed by atoms with Crippen molar-refractivity contribution < 1.29 is 18.1 Å². The van der Waals surface area contributed by atoms with Crippen LogP contribution in [0.5, 0.6) is 5.75 Å². The van der Waals surface area contributed by atoms with Gasteiger partial charge in [0.05, 0.1) is 10.4 Å². The largest absolute Gasteiger partial charge is 0.507 e. The van der Waals surface area contributed by atoms with Gasteiger partial charge in [-0.15, -0.1) is 0 Å². The van der Waals surface area contributed by atoms with Crippen LogP contribution < -0.4 is 5.56 Å². The van der Waals surface area contributed by atoms with Crippen molar-refractivity contribution in [1.82, 2.24) is 4.98 Å². The predicted molar refractivity (Wildman–Crippen MR) is 73.6 cm³/mol. The number of fused-ring (bicyclic) bond motifs is 3. The minimum Gasteiger partial charge on any atom is -0.507 e. The third-order valence-electron chi connectivity index (χ3n) is 3.08. The van der Waals surface area contributed by atoms with E-state index in [9.17, 15) is 18.3 Å². The number of nitrogens with one attached hydrogen (secondary N) is 1. The maximum absolute atomic E-state index is 11.4. The molecule has 0 amide bonds. The molecule has 0 spiro atoms. The first-order valence-electron chi connectivity index (χ1n) is 5.62. The number of aromatic amines is 1. The van der Waals surface area contributed by atoms with Crippen LogP contribution in [0.4, 0.5) is 0 Å². The van der Waals surface area contributed by atoms with Crippen molar-refractivity contribution in [1.29, 1.82) is 0 Å². The van der Waals surface area contributed by atoms with Gasteiger partial charge in [0, 0.05) is 16.8 Å². The van der Waals surface area contributed by atoms with Crippen LogP contribution in [0.3, 0.4) is 0 Å². The highest BCUT2D eigenvalue weighted by atomic mass is 32.2. The third kappa shape index (κ3) is 1.93. The minimum absolute atomic E-state index is 0.192. The Morgan fingerprint density at radius 2 is 1.70 bits per heavy atom. The number of benzene rings is 2. The molecule has 3 N–H and O–H groups in total. The molecule has 0 radical (unpaired) electrons. The molecule has 3 aromatic rings. The number of rotatable bonds is 1. The molecule has 2 aromatic carbocycles. The van der Waals surface area contributed by atoms with Crippen molar-refractivity contribution in [3.63, 3.8) is 0 Å². The average molecular weight is 291 g/mol. The van der Waals surface area contributed by atoms with E-state index >= 15 is 0 Å². The summed E-state index contributed by atoms with van der Waals surface area (Å²) in [5.74, 6) is -0.192. The average Bonchev–Trinajstić information content (AvgIpc) is 2.36. The van der Waals surface area contributed by atoms with E-state index in [2.05, 4.69) is 4.98 Å². The standard InChI is InChI=1S/C13H9NO5S/c15-11-6-12(16)14-13-9(11)4-2-7-1-3-8(5-10(7)13)20(17,18)19/h1-6H,(H2,14,15,16)(H,17,18,19). The number of hydrogen-bond donors (Lipinski definition) is 3. The molecule has 0 aliphatic rings. The number of aromatic nitrogens is 1. The lowest BCUT2D eigenvalue weighted by Crippen LogP contribution is -2.04. The molecule has 0 saturated heterocycles.